The van der Waals surface area contributed by atoms with E-state index in [1.807, 2.05) is 0 Å². The lowest BCUT2D eigenvalue weighted by molar-refractivity contribution is -0.137. The first-order chi connectivity index (χ1) is 5.55. The Hall–Kier alpha value is -0.920. The zero-order valence-electron chi connectivity index (χ0n) is 6.71. The van der Waals surface area contributed by atoms with Gasteiger partial charge in [0.15, 0.2) is 0 Å². The minimum absolute atomic E-state index is 0. The van der Waals surface area contributed by atoms with E-state index in [0.29, 0.717) is 0 Å². The molecule has 0 aliphatic rings. The largest absolute Gasteiger partial charge is 0.417 e. The van der Waals surface area contributed by atoms with Crippen LogP contribution in [-0.2, 0) is 6.18 Å². The standard InChI is InChI=1S/C8H4F3N.2ClH/c9-8(10,11)7-4-2-1-3-6(7)5-12;;/h1-4H;2*1H. The van der Waals surface area contributed by atoms with Crippen molar-refractivity contribution in [2.24, 2.45) is 0 Å². The zero-order chi connectivity index (χ0) is 9.19. The minimum Gasteiger partial charge on any atom is -0.192 e. The summed E-state index contributed by atoms with van der Waals surface area (Å²) < 4.78 is 36.3. The Kier molecular flexibility index (Phi) is 6.37. The highest BCUT2D eigenvalue weighted by atomic mass is 35.5. The molecule has 0 fully saturated rings. The highest BCUT2D eigenvalue weighted by molar-refractivity contribution is 5.85. The van der Waals surface area contributed by atoms with E-state index in [4.69, 9.17) is 5.26 Å². The van der Waals surface area contributed by atoms with Crippen molar-refractivity contribution < 1.29 is 13.2 Å². The zero-order valence-corrected chi connectivity index (χ0v) is 8.34. The summed E-state index contributed by atoms with van der Waals surface area (Å²) in [5, 5.41) is 8.33. The summed E-state index contributed by atoms with van der Waals surface area (Å²) in [6.07, 6.45) is -4.44. The van der Waals surface area contributed by atoms with E-state index >= 15 is 0 Å². The molecular formula is C8H6Cl2F3N. The molecule has 0 atom stereocenters. The fourth-order valence-electron chi connectivity index (χ4n) is 0.828. The predicted octanol–water partition coefficient (Wildman–Crippen LogP) is 3.42. The Morgan fingerprint density at radius 1 is 1.07 bits per heavy atom. The van der Waals surface area contributed by atoms with E-state index in [2.05, 4.69) is 0 Å². The number of hydrogen-bond acceptors (Lipinski definition) is 1. The summed E-state index contributed by atoms with van der Waals surface area (Å²) in [5.74, 6) is 0. The summed E-state index contributed by atoms with van der Waals surface area (Å²) >= 11 is 0. The SMILES string of the molecule is Cl.Cl.N#Cc1ccccc1C(F)(F)F. The maximum Gasteiger partial charge on any atom is 0.417 e. The van der Waals surface area contributed by atoms with Gasteiger partial charge in [0.1, 0.15) is 0 Å². The number of hydrogen-bond donors (Lipinski definition) is 0. The first kappa shape index (κ1) is 15.5. The molecule has 0 bridgehead atoms. The second-order valence-electron chi connectivity index (χ2n) is 2.16. The molecule has 0 aliphatic carbocycles. The first-order valence-corrected chi connectivity index (χ1v) is 3.12. The van der Waals surface area contributed by atoms with Crippen molar-refractivity contribution in [1.29, 1.82) is 5.26 Å². The van der Waals surface area contributed by atoms with Gasteiger partial charge in [-0.1, -0.05) is 12.1 Å². The number of alkyl halides is 3. The van der Waals surface area contributed by atoms with Gasteiger partial charge in [0.25, 0.3) is 0 Å². The number of nitrogens with zero attached hydrogens (tertiary/aromatic N) is 1. The van der Waals surface area contributed by atoms with Crippen LogP contribution in [-0.4, -0.2) is 0 Å². The Balaban J connectivity index is 0. The van der Waals surface area contributed by atoms with Crippen LogP contribution >= 0.6 is 24.8 Å². The minimum atomic E-state index is -4.44. The predicted molar refractivity (Wildman–Crippen MR) is 50.7 cm³/mol. The average molecular weight is 244 g/mol. The van der Waals surface area contributed by atoms with Gasteiger partial charge >= 0.3 is 6.18 Å². The van der Waals surface area contributed by atoms with Crippen LogP contribution in [0.4, 0.5) is 13.2 Å². The van der Waals surface area contributed by atoms with Gasteiger partial charge < -0.3 is 0 Å². The molecule has 14 heavy (non-hydrogen) atoms. The van der Waals surface area contributed by atoms with E-state index in [1.54, 1.807) is 0 Å². The third kappa shape index (κ3) is 3.44. The lowest BCUT2D eigenvalue weighted by Crippen LogP contribution is -2.06. The summed E-state index contributed by atoms with van der Waals surface area (Å²) in [7, 11) is 0. The molecule has 1 aromatic rings. The lowest BCUT2D eigenvalue weighted by atomic mass is 10.1. The summed E-state index contributed by atoms with van der Waals surface area (Å²) in [5.41, 5.74) is -1.22. The van der Waals surface area contributed by atoms with Gasteiger partial charge in [-0.2, -0.15) is 18.4 Å². The lowest BCUT2D eigenvalue weighted by Gasteiger charge is -2.06. The van der Waals surface area contributed by atoms with E-state index in [9.17, 15) is 13.2 Å². The molecule has 1 nitrogen and oxygen atoms in total. The molecule has 0 amide bonds. The van der Waals surface area contributed by atoms with Gasteiger partial charge in [0.05, 0.1) is 17.2 Å². The third-order valence-corrected chi connectivity index (χ3v) is 1.35. The van der Waals surface area contributed by atoms with Gasteiger partial charge in [0.2, 0.25) is 0 Å². The molecule has 0 aromatic heterocycles. The van der Waals surface area contributed by atoms with Crippen molar-refractivity contribution in [1.82, 2.24) is 0 Å². The Bertz CT molecular complexity index is 330. The van der Waals surface area contributed by atoms with Crippen LogP contribution < -0.4 is 0 Å². The molecule has 6 heteroatoms. The van der Waals surface area contributed by atoms with Crippen molar-refractivity contribution in [3.63, 3.8) is 0 Å². The van der Waals surface area contributed by atoms with Gasteiger partial charge in [-0.3, -0.25) is 0 Å². The van der Waals surface area contributed by atoms with Crippen LogP contribution in [0.3, 0.4) is 0 Å². The summed E-state index contributed by atoms with van der Waals surface area (Å²) in [4.78, 5) is 0. The second kappa shape index (κ2) is 5.74. The molecule has 1 aromatic carbocycles. The van der Waals surface area contributed by atoms with Crippen LogP contribution in [0.5, 0.6) is 0 Å². The number of rotatable bonds is 0. The van der Waals surface area contributed by atoms with Gasteiger partial charge in [-0.25, -0.2) is 0 Å². The van der Waals surface area contributed by atoms with E-state index in [-0.39, 0.29) is 30.4 Å². The van der Waals surface area contributed by atoms with Crippen molar-refractivity contribution in [2.45, 2.75) is 6.18 Å². The van der Waals surface area contributed by atoms with Gasteiger partial charge in [0, 0.05) is 0 Å². The fraction of sp³-hybridized carbons (Fsp3) is 0.125. The van der Waals surface area contributed by atoms with Crippen molar-refractivity contribution in [2.75, 3.05) is 0 Å². The molecule has 1 rings (SSSR count). The van der Waals surface area contributed by atoms with E-state index in [0.717, 1.165) is 12.1 Å². The molecule has 0 spiro atoms. The Morgan fingerprint density at radius 2 is 1.57 bits per heavy atom. The smallest absolute Gasteiger partial charge is 0.192 e. The van der Waals surface area contributed by atoms with Gasteiger partial charge in [-0.15, -0.1) is 24.8 Å². The topological polar surface area (TPSA) is 23.8 Å². The quantitative estimate of drug-likeness (QED) is 0.685. The first-order valence-electron chi connectivity index (χ1n) is 3.12. The molecule has 0 saturated heterocycles. The molecule has 78 valence electrons. The summed E-state index contributed by atoms with van der Waals surface area (Å²) in [6.45, 7) is 0. The van der Waals surface area contributed by atoms with Crippen molar-refractivity contribution in [3.8, 4) is 6.07 Å². The highest BCUT2D eigenvalue weighted by Crippen LogP contribution is 2.31. The van der Waals surface area contributed by atoms with E-state index in [1.165, 1.54) is 18.2 Å². The van der Waals surface area contributed by atoms with E-state index < -0.39 is 11.7 Å². The Labute approximate surface area is 91.4 Å². The maximum absolute atomic E-state index is 12.1. The molecule has 0 radical (unpaired) electrons. The average Bonchev–Trinajstić information content (AvgIpc) is 2.03. The molecule has 0 heterocycles. The van der Waals surface area contributed by atoms with Crippen LogP contribution in [0.1, 0.15) is 11.1 Å². The summed E-state index contributed by atoms with van der Waals surface area (Å²) in [6, 6.07) is 6.16. The molecule has 0 saturated carbocycles. The molecule has 0 unspecified atom stereocenters. The van der Waals surface area contributed by atoms with Crippen LogP contribution in [0.25, 0.3) is 0 Å². The van der Waals surface area contributed by atoms with Crippen molar-refractivity contribution >= 4 is 24.8 Å². The number of halogens is 5. The maximum atomic E-state index is 12.1. The fourth-order valence-corrected chi connectivity index (χ4v) is 0.828. The van der Waals surface area contributed by atoms with Crippen LogP contribution in [0, 0.1) is 11.3 Å². The monoisotopic (exact) mass is 243 g/mol. The second-order valence-corrected chi connectivity index (χ2v) is 2.16. The third-order valence-electron chi connectivity index (χ3n) is 1.35. The highest BCUT2D eigenvalue weighted by Gasteiger charge is 2.32. The van der Waals surface area contributed by atoms with Gasteiger partial charge in [-0.05, 0) is 12.1 Å². The Morgan fingerprint density at radius 3 is 1.93 bits per heavy atom. The number of nitriles is 1. The molecule has 0 aliphatic heterocycles. The van der Waals surface area contributed by atoms with Crippen molar-refractivity contribution in [3.05, 3.63) is 35.4 Å². The number of benzene rings is 1. The molecule has 0 N–H and O–H groups in total. The normalized spacial score (nSPS) is 9.29. The van der Waals surface area contributed by atoms with Crippen LogP contribution in [0.15, 0.2) is 24.3 Å². The molecular weight excluding hydrogens is 238 g/mol. The van der Waals surface area contributed by atoms with Crippen LogP contribution in [0.2, 0.25) is 0 Å².